The molecule has 0 atom stereocenters. The van der Waals surface area contributed by atoms with Gasteiger partial charge in [0.2, 0.25) is 5.91 Å². The van der Waals surface area contributed by atoms with E-state index >= 15 is 0 Å². The van der Waals surface area contributed by atoms with Crippen LogP contribution in [0.3, 0.4) is 0 Å². The summed E-state index contributed by atoms with van der Waals surface area (Å²) in [7, 11) is 0. The second kappa shape index (κ2) is 10.5. The van der Waals surface area contributed by atoms with Gasteiger partial charge in [0.25, 0.3) is 5.91 Å². The standard InChI is InChI=1S/C23H23FN2O2S2/c1-16-9-11-17(12-10-16)14-20-22(28)26(23(29)30-20)13-4-2-3-8-21(27)25-19-7-5-6-18(24)15-19/h5-7,9-12,14-15H,2-4,8,13H2,1H3,(H,25,27). The number of anilines is 1. The monoisotopic (exact) mass is 442 g/mol. The molecule has 0 radical (unpaired) electrons. The zero-order chi connectivity index (χ0) is 21.5. The Kier molecular flexibility index (Phi) is 7.76. The highest BCUT2D eigenvalue weighted by molar-refractivity contribution is 8.26. The molecule has 0 aromatic heterocycles. The van der Waals surface area contributed by atoms with Crippen molar-refractivity contribution >= 4 is 51.9 Å². The summed E-state index contributed by atoms with van der Waals surface area (Å²) in [5, 5.41) is 2.69. The van der Waals surface area contributed by atoms with Crippen LogP contribution < -0.4 is 5.32 Å². The van der Waals surface area contributed by atoms with Crippen molar-refractivity contribution in [2.45, 2.75) is 32.6 Å². The van der Waals surface area contributed by atoms with E-state index in [1.165, 1.54) is 29.5 Å². The molecule has 1 aliphatic heterocycles. The maximum Gasteiger partial charge on any atom is 0.266 e. The van der Waals surface area contributed by atoms with Gasteiger partial charge < -0.3 is 5.32 Å². The van der Waals surface area contributed by atoms with Crippen LogP contribution in [0.1, 0.15) is 36.8 Å². The fourth-order valence-corrected chi connectivity index (χ4v) is 4.34. The van der Waals surface area contributed by atoms with Crippen molar-refractivity contribution in [3.63, 3.8) is 0 Å². The van der Waals surface area contributed by atoms with Crippen LogP contribution in [0, 0.1) is 12.7 Å². The van der Waals surface area contributed by atoms with E-state index in [1.807, 2.05) is 37.3 Å². The minimum atomic E-state index is -0.382. The number of unbranched alkanes of at least 4 members (excludes halogenated alkanes) is 2. The van der Waals surface area contributed by atoms with E-state index in [-0.39, 0.29) is 17.6 Å². The third-order valence-corrected chi connectivity index (χ3v) is 6.02. The maximum atomic E-state index is 13.1. The van der Waals surface area contributed by atoms with Gasteiger partial charge in [0, 0.05) is 18.7 Å². The summed E-state index contributed by atoms with van der Waals surface area (Å²) in [6, 6.07) is 13.8. The molecule has 0 bridgehead atoms. The normalized spacial score (nSPS) is 15.1. The summed E-state index contributed by atoms with van der Waals surface area (Å²) in [5.74, 6) is -0.589. The second-order valence-corrected chi connectivity index (χ2v) is 8.79. The molecule has 1 heterocycles. The molecular weight excluding hydrogens is 419 g/mol. The van der Waals surface area contributed by atoms with Crippen LogP contribution in [-0.4, -0.2) is 27.6 Å². The zero-order valence-corrected chi connectivity index (χ0v) is 18.3. The number of thiocarbonyl (C=S) groups is 1. The van der Waals surface area contributed by atoms with Crippen LogP contribution >= 0.6 is 24.0 Å². The molecule has 3 rings (SSSR count). The second-order valence-electron chi connectivity index (χ2n) is 7.11. The number of carbonyl (C=O) groups excluding carboxylic acids is 2. The maximum absolute atomic E-state index is 13.1. The Hall–Kier alpha value is -2.51. The van der Waals surface area contributed by atoms with Gasteiger partial charge in [-0.15, -0.1) is 0 Å². The van der Waals surface area contributed by atoms with E-state index < -0.39 is 0 Å². The first-order valence-corrected chi connectivity index (χ1v) is 11.0. The predicted octanol–water partition coefficient (Wildman–Crippen LogP) is 5.53. The summed E-state index contributed by atoms with van der Waals surface area (Å²) in [4.78, 5) is 26.9. The van der Waals surface area contributed by atoms with Crippen molar-refractivity contribution in [1.82, 2.24) is 4.90 Å². The van der Waals surface area contributed by atoms with E-state index in [4.69, 9.17) is 12.2 Å². The van der Waals surface area contributed by atoms with E-state index in [0.29, 0.717) is 34.3 Å². The number of hydrogen-bond acceptors (Lipinski definition) is 4. The molecule has 0 unspecified atom stereocenters. The van der Waals surface area contributed by atoms with Gasteiger partial charge in [-0.05, 0) is 49.6 Å². The van der Waals surface area contributed by atoms with Gasteiger partial charge in [-0.25, -0.2) is 4.39 Å². The van der Waals surface area contributed by atoms with Crippen LogP contribution in [0.5, 0.6) is 0 Å². The Balaban J connectivity index is 1.41. The lowest BCUT2D eigenvalue weighted by atomic mass is 10.1. The third-order valence-electron chi connectivity index (χ3n) is 4.64. The van der Waals surface area contributed by atoms with Crippen molar-refractivity contribution in [3.05, 3.63) is 70.4 Å². The number of carbonyl (C=O) groups is 2. The lowest BCUT2D eigenvalue weighted by Gasteiger charge is -2.14. The van der Waals surface area contributed by atoms with Crippen LogP contribution in [0.15, 0.2) is 53.4 Å². The predicted molar refractivity (Wildman–Crippen MR) is 125 cm³/mol. The highest BCUT2D eigenvalue weighted by atomic mass is 32.2. The molecule has 2 aromatic carbocycles. The van der Waals surface area contributed by atoms with Gasteiger partial charge in [0.05, 0.1) is 4.91 Å². The van der Waals surface area contributed by atoms with Crippen LogP contribution in [0.4, 0.5) is 10.1 Å². The molecule has 7 heteroatoms. The Morgan fingerprint density at radius 1 is 1.17 bits per heavy atom. The van der Waals surface area contributed by atoms with Crippen molar-refractivity contribution in [2.75, 3.05) is 11.9 Å². The van der Waals surface area contributed by atoms with Gasteiger partial charge in [-0.1, -0.05) is 66.3 Å². The van der Waals surface area contributed by atoms with Gasteiger partial charge in [-0.2, -0.15) is 0 Å². The molecule has 4 nitrogen and oxygen atoms in total. The number of nitrogens with zero attached hydrogens (tertiary/aromatic N) is 1. The lowest BCUT2D eigenvalue weighted by Crippen LogP contribution is -2.29. The average molecular weight is 443 g/mol. The highest BCUT2D eigenvalue weighted by Crippen LogP contribution is 2.32. The Morgan fingerprint density at radius 2 is 1.93 bits per heavy atom. The Morgan fingerprint density at radius 3 is 2.67 bits per heavy atom. The van der Waals surface area contributed by atoms with Gasteiger partial charge >= 0.3 is 0 Å². The molecule has 1 aliphatic rings. The molecule has 30 heavy (non-hydrogen) atoms. The Labute approximate surface area is 185 Å². The first-order chi connectivity index (χ1) is 14.4. The van der Waals surface area contributed by atoms with Crippen molar-refractivity contribution in [3.8, 4) is 0 Å². The number of benzene rings is 2. The summed E-state index contributed by atoms with van der Waals surface area (Å²) in [5.41, 5.74) is 2.60. The fraction of sp³-hybridized carbons (Fsp3) is 0.261. The number of rotatable bonds is 8. The highest BCUT2D eigenvalue weighted by Gasteiger charge is 2.31. The summed E-state index contributed by atoms with van der Waals surface area (Å²) >= 11 is 6.69. The lowest BCUT2D eigenvalue weighted by molar-refractivity contribution is -0.122. The largest absolute Gasteiger partial charge is 0.326 e. The smallest absolute Gasteiger partial charge is 0.266 e. The molecule has 1 N–H and O–H groups in total. The molecule has 0 aliphatic carbocycles. The SMILES string of the molecule is Cc1ccc(C=C2SC(=S)N(CCCCCC(=O)Nc3cccc(F)c3)C2=O)cc1. The molecule has 1 saturated heterocycles. The summed E-state index contributed by atoms with van der Waals surface area (Å²) in [6.45, 7) is 2.57. The minimum absolute atomic E-state index is 0.0607. The topological polar surface area (TPSA) is 49.4 Å². The number of amides is 2. The number of hydrogen-bond donors (Lipinski definition) is 1. The molecular formula is C23H23FN2O2S2. The van der Waals surface area contributed by atoms with Crippen molar-refractivity contribution < 1.29 is 14.0 Å². The molecule has 2 aromatic rings. The van der Waals surface area contributed by atoms with Crippen LogP contribution in [-0.2, 0) is 9.59 Å². The Bertz CT molecular complexity index is 973. The van der Waals surface area contributed by atoms with Crippen LogP contribution in [0.25, 0.3) is 6.08 Å². The molecule has 2 amide bonds. The molecule has 0 spiro atoms. The third kappa shape index (κ3) is 6.24. The quantitative estimate of drug-likeness (QED) is 0.332. The summed E-state index contributed by atoms with van der Waals surface area (Å²) in [6.07, 6.45) is 4.47. The van der Waals surface area contributed by atoms with E-state index in [1.54, 1.807) is 17.0 Å². The average Bonchev–Trinajstić information content (AvgIpc) is 2.96. The van der Waals surface area contributed by atoms with Gasteiger partial charge in [-0.3, -0.25) is 14.5 Å². The van der Waals surface area contributed by atoms with Crippen LogP contribution in [0.2, 0.25) is 0 Å². The van der Waals surface area contributed by atoms with E-state index in [9.17, 15) is 14.0 Å². The number of nitrogens with one attached hydrogen (secondary N) is 1. The van der Waals surface area contributed by atoms with Crippen molar-refractivity contribution in [1.29, 1.82) is 0 Å². The van der Waals surface area contributed by atoms with E-state index in [2.05, 4.69) is 5.32 Å². The number of halogens is 1. The molecule has 0 saturated carbocycles. The molecule has 156 valence electrons. The van der Waals surface area contributed by atoms with Crippen molar-refractivity contribution in [2.24, 2.45) is 0 Å². The van der Waals surface area contributed by atoms with E-state index in [0.717, 1.165) is 18.4 Å². The fourth-order valence-electron chi connectivity index (χ4n) is 3.03. The number of thioether (sulfide) groups is 1. The summed E-state index contributed by atoms with van der Waals surface area (Å²) < 4.78 is 13.7. The number of aryl methyl sites for hydroxylation is 1. The first-order valence-electron chi connectivity index (χ1n) is 9.80. The van der Waals surface area contributed by atoms with Gasteiger partial charge in [0.15, 0.2) is 0 Å². The van der Waals surface area contributed by atoms with Gasteiger partial charge in [0.1, 0.15) is 10.1 Å². The molecule has 1 fully saturated rings. The minimum Gasteiger partial charge on any atom is -0.326 e. The first kappa shape index (κ1) is 22.2. The zero-order valence-electron chi connectivity index (χ0n) is 16.7.